The average molecular weight is 364 g/mol. The fourth-order valence-corrected chi connectivity index (χ4v) is 4.00. The Hall–Kier alpha value is -1.84. The van der Waals surface area contributed by atoms with E-state index in [0.717, 1.165) is 37.8 Å². The van der Waals surface area contributed by atoms with Crippen molar-refractivity contribution >= 4 is 21.2 Å². The van der Waals surface area contributed by atoms with E-state index < -0.39 is 30.9 Å². The van der Waals surface area contributed by atoms with Gasteiger partial charge in [0.2, 0.25) is 0 Å². The molecule has 0 N–H and O–H groups in total. The van der Waals surface area contributed by atoms with E-state index in [9.17, 15) is 31.7 Å². The summed E-state index contributed by atoms with van der Waals surface area (Å²) in [6.45, 7) is 1.17. The van der Waals surface area contributed by atoms with Crippen molar-refractivity contribution in [2.45, 2.75) is 36.1 Å². The van der Waals surface area contributed by atoms with Gasteiger partial charge in [-0.1, -0.05) is 0 Å². The summed E-state index contributed by atoms with van der Waals surface area (Å²) >= 11 is 0. The molecule has 2 aliphatic rings. The Bertz CT molecular complexity index is 788. The maximum absolute atomic E-state index is 12.6. The second-order valence-electron chi connectivity index (χ2n) is 6.38. The third kappa shape index (κ3) is 2.83. The Labute approximate surface area is 136 Å². The van der Waals surface area contributed by atoms with Crippen molar-refractivity contribution in [1.82, 2.24) is 0 Å². The summed E-state index contributed by atoms with van der Waals surface area (Å²) in [6.07, 6.45) is 3.97. The minimum atomic E-state index is -5.61. The highest BCUT2D eigenvalue weighted by atomic mass is 32.2. The lowest BCUT2D eigenvalue weighted by Gasteiger charge is -2.34. The minimum Gasteiger partial charge on any atom is -0.365 e. The maximum Gasteiger partial charge on any atom is 0.501 e. The molecule has 0 unspecified atom stereocenters. The predicted octanol–water partition coefficient (Wildman–Crippen LogP) is 3.27. The first kappa shape index (κ1) is 17.0. The summed E-state index contributed by atoms with van der Waals surface area (Å²) in [5, 5.41) is 11.3. The van der Waals surface area contributed by atoms with E-state index in [2.05, 4.69) is 0 Å². The molecule has 6 nitrogen and oxygen atoms in total. The van der Waals surface area contributed by atoms with E-state index in [0.29, 0.717) is 19.2 Å². The van der Waals surface area contributed by atoms with Crippen LogP contribution in [0.2, 0.25) is 0 Å². The first-order valence-electron chi connectivity index (χ1n) is 7.41. The van der Waals surface area contributed by atoms with Gasteiger partial charge in [0.1, 0.15) is 5.69 Å². The molecule has 1 spiro atoms. The number of hydrogen-bond acceptors (Lipinski definition) is 5. The van der Waals surface area contributed by atoms with Gasteiger partial charge in [-0.05, 0) is 43.2 Å². The normalized spacial score (nSPS) is 20.2. The van der Waals surface area contributed by atoms with Crippen LogP contribution in [0.4, 0.5) is 24.5 Å². The fraction of sp³-hybridized carbons (Fsp3) is 0.571. The molecule has 1 saturated carbocycles. The lowest BCUT2D eigenvalue weighted by Crippen LogP contribution is -2.36. The van der Waals surface area contributed by atoms with Crippen molar-refractivity contribution in [3.63, 3.8) is 0 Å². The second-order valence-corrected chi connectivity index (χ2v) is 8.32. The third-order valence-electron chi connectivity index (χ3n) is 4.72. The summed E-state index contributed by atoms with van der Waals surface area (Å²) in [4.78, 5) is 11.1. The van der Waals surface area contributed by atoms with Gasteiger partial charge >= 0.3 is 5.51 Å². The average Bonchev–Trinajstić information content (AvgIpc) is 3.24. The van der Waals surface area contributed by atoms with Crippen LogP contribution in [0.3, 0.4) is 0 Å². The lowest BCUT2D eigenvalue weighted by atomic mass is 9.94. The van der Waals surface area contributed by atoms with Crippen LogP contribution in [0, 0.1) is 15.5 Å². The van der Waals surface area contributed by atoms with Crippen LogP contribution in [0.25, 0.3) is 0 Å². The largest absolute Gasteiger partial charge is 0.501 e. The second kappa shape index (κ2) is 5.33. The fourth-order valence-electron chi connectivity index (χ4n) is 3.22. The van der Waals surface area contributed by atoms with Crippen molar-refractivity contribution in [3.8, 4) is 0 Å². The van der Waals surface area contributed by atoms with Crippen LogP contribution < -0.4 is 4.90 Å². The van der Waals surface area contributed by atoms with Gasteiger partial charge in [-0.25, -0.2) is 8.42 Å². The molecule has 1 aromatic rings. The van der Waals surface area contributed by atoms with E-state index in [1.54, 1.807) is 4.90 Å². The molecule has 1 aliphatic heterocycles. The van der Waals surface area contributed by atoms with Crippen molar-refractivity contribution in [2.75, 3.05) is 18.0 Å². The minimum absolute atomic E-state index is 0.156. The quantitative estimate of drug-likeness (QED) is 0.607. The topological polar surface area (TPSA) is 80.5 Å². The van der Waals surface area contributed by atoms with Crippen molar-refractivity contribution in [2.24, 2.45) is 5.41 Å². The summed E-state index contributed by atoms with van der Waals surface area (Å²) in [6, 6.07) is 2.41. The molecule has 0 bridgehead atoms. The molecule has 0 radical (unpaired) electrons. The van der Waals surface area contributed by atoms with Crippen LogP contribution >= 0.6 is 0 Å². The predicted molar refractivity (Wildman–Crippen MR) is 79.5 cm³/mol. The maximum atomic E-state index is 12.6. The summed E-state index contributed by atoms with van der Waals surface area (Å²) < 4.78 is 60.9. The zero-order valence-corrected chi connectivity index (χ0v) is 13.4. The van der Waals surface area contributed by atoms with Crippen LogP contribution in [0.1, 0.15) is 25.7 Å². The monoisotopic (exact) mass is 364 g/mol. The molecule has 10 heteroatoms. The van der Waals surface area contributed by atoms with Gasteiger partial charge in [-0.3, -0.25) is 10.1 Å². The van der Waals surface area contributed by atoms with E-state index >= 15 is 0 Å². The smallest absolute Gasteiger partial charge is 0.365 e. The Morgan fingerprint density at radius 3 is 2.42 bits per heavy atom. The standard InChI is InChI=1S/C14H15F3N2O4S/c15-14(16,17)24(22,23)10-2-3-11(12(8-10)19(20)21)18-7-1-4-13(9-18)5-6-13/h2-3,8H,1,4-7,9H2. The number of nitrogens with zero attached hydrogens (tertiary/aromatic N) is 2. The molecule has 1 aliphatic carbocycles. The van der Waals surface area contributed by atoms with Crippen LogP contribution in [0.15, 0.2) is 23.1 Å². The first-order valence-corrected chi connectivity index (χ1v) is 8.89. The van der Waals surface area contributed by atoms with Crippen molar-refractivity contribution in [3.05, 3.63) is 28.3 Å². The highest BCUT2D eigenvalue weighted by molar-refractivity contribution is 7.92. The van der Waals surface area contributed by atoms with Crippen LogP contribution in [-0.2, 0) is 9.84 Å². The van der Waals surface area contributed by atoms with Gasteiger partial charge < -0.3 is 4.90 Å². The molecular weight excluding hydrogens is 349 g/mol. The summed E-state index contributed by atoms with van der Waals surface area (Å²) in [7, 11) is -5.61. The van der Waals surface area contributed by atoms with Gasteiger partial charge in [0.15, 0.2) is 0 Å². The first-order chi connectivity index (χ1) is 11.1. The number of rotatable bonds is 3. The lowest BCUT2D eigenvalue weighted by molar-refractivity contribution is -0.384. The van der Waals surface area contributed by atoms with Crippen LogP contribution in [0.5, 0.6) is 0 Å². The van der Waals surface area contributed by atoms with E-state index in [1.807, 2.05) is 0 Å². The summed E-state index contributed by atoms with van der Waals surface area (Å²) in [5.41, 5.74) is -5.78. The van der Waals surface area contributed by atoms with Gasteiger partial charge in [0.25, 0.3) is 15.5 Å². The van der Waals surface area contributed by atoms with Crippen LogP contribution in [-0.4, -0.2) is 31.9 Å². The molecule has 24 heavy (non-hydrogen) atoms. The number of alkyl halides is 3. The zero-order chi connectivity index (χ0) is 17.8. The highest BCUT2D eigenvalue weighted by Gasteiger charge is 2.48. The summed E-state index contributed by atoms with van der Waals surface area (Å²) in [5.74, 6) is 0. The molecule has 0 atom stereocenters. The van der Waals surface area contributed by atoms with Crippen molar-refractivity contribution < 1.29 is 26.5 Å². The molecule has 1 saturated heterocycles. The molecule has 3 rings (SSSR count). The number of halogens is 3. The molecule has 1 aromatic carbocycles. The molecule has 132 valence electrons. The van der Waals surface area contributed by atoms with Gasteiger partial charge in [-0.2, -0.15) is 13.2 Å². The number of anilines is 1. The number of sulfone groups is 1. The van der Waals surface area contributed by atoms with Gasteiger partial charge in [-0.15, -0.1) is 0 Å². The molecule has 0 aromatic heterocycles. The van der Waals surface area contributed by atoms with Gasteiger partial charge in [0.05, 0.1) is 9.82 Å². The molecule has 0 amide bonds. The molecule has 1 heterocycles. The number of benzene rings is 1. The number of nitro groups is 1. The Kier molecular flexibility index (Phi) is 3.78. The third-order valence-corrected chi connectivity index (χ3v) is 6.20. The number of hydrogen-bond donors (Lipinski definition) is 0. The van der Waals surface area contributed by atoms with E-state index in [4.69, 9.17) is 0 Å². The Morgan fingerprint density at radius 2 is 1.88 bits per heavy atom. The van der Waals surface area contributed by atoms with E-state index in [-0.39, 0.29) is 11.1 Å². The Morgan fingerprint density at radius 1 is 1.21 bits per heavy atom. The number of nitro benzene ring substituents is 1. The van der Waals surface area contributed by atoms with Crippen molar-refractivity contribution in [1.29, 1.82) is 0 Å². The molecule has 2 fully saturated rings. The Balaban J connectivity index is 2.01. The highest BCUT2D eigenvalue weighted by Crippen LogP contribution is 2.53. The zero-order valence-electron chi connectivity index (χ0n) is 12.5. The SMILES string of the molecule is O=[N+]([O-])c1cc(S(=O)(=O)C(F)(F)F)ccc1N1CCCC2(CC2)C1. The molecular formula is C14H15F3N2O4S. The van der Waals surface area contributed by atoms with E-state index in [1.165, 1.54) is 0 Å². The van der Waals surface area contributed by atoms with Gasteiger partial charge in [0, 0.05) is 19.2 Å². The number of piperidine rings is 1.